The highest BCUT2D eigenvalue weighted by Crippen LogP contribution is 2.15. The SMILES string of the molecule is CCN1CCOC(=O)C1CC(=O)Nc1cc(Cl)ccn1. The summed E-state index contributed by atoms with van der Waals surface area (Å²) in [4.78, 5) is 29.6. The minimum atomic E-state index is -0.534. The van der Waals surface area contributed by atoms with Gasteiger partial charge in [-0.1, -0.05) is 18.5 Å². The summed E-state index contributed by atoms with van der Waals surface area (Å²) in [6, 6.07) is 2.64. The zero-order chi connectivity index (χ0) is 14.5. The standard InChI is InChI=1S/C13H16ClN3O3/c1-2-17-5-6-20-13(19)10(17)8-12(18)16-11-7-9(14)3-4-15-11/h3-4,7,10H,2,5-6,8H2,1H3,(H,15,16,18). The third-order valence-corrected chi connectivity index (χ3v) is 3.35. The number of carbonyl (C=O) groups excluding carboxylic acids is 2. The van der Waals surface area contributed by atoms with Gasteiger partial charge in [0.25, 0.3) is 0 Å². The van der Waals surface area contributed by atoms with Crippen molar-refractivity contribution in [3.63, 3.8) is 0 Å². The molecule has 20 heavy (non-hydrogen) atoms. The zero-order valence-electron chi connectivity index (χ0n) is 11.1. The average molecular weight is 298 g/mol. The van der Waals surface area contributed by atoms with Gasteiger partial charge in [0.05, 0.1) is 6.42 Å². The lowest BCUT2D eigenvalue weighted by Crippen LogP contribution is -2.50. The van der Waals surface area contributed by atoms with Crippen LogP contribution in [-0.2, 0) is 14.3 Å². The van der Waals surface area contributed by atoms with E-state index in [-0.39, 0.29) is 18.3 Å². The minimum Gasteiger partial charge on any atom is -0.463 e. The van der Waals surface area contributed by atoms with E-state index in [4.69, 9.17) is 16.3 Å². The Morgan fingerprint density at radius 3 is 3.15 bits per heavy atom. The van der Waals surface area contributed by atoms with Gasteiger partial charge in [-0.25, -0.2) is 4.98 Å². The number of hydrogen-bond donors (Lipinski definition) is 1. The molecule has 1 amide bonds. The van der Waals surface area contributed by atoms with E-state index in [2.05, 4.69) is 10.3 Å². The van der Waals surface area contributed by atoms with Gasteiger partial charge in [0, 0.05) is 17.8 Å². The molecule has 1 unspecified atom stereocenters. The van der Waals surface area contributed by atoms with E-state index in [0.29, 0.717) is 30.5 Å². The van der Waals surface area contributed by atoms with Gasteiger partial charge in [0.1, 0.15) is 18.5 Å². The fraction of sp³-hybridized carbons (Fsp3) is 0.462. The lowest BCUT2D eigenvalue weighted by atomic mass is 10.1. The number of anilines is 1. The predicted molar refractivity (Wildman–Crippen MR) is 74.5 cm³/mol. The van der Waals surface area contributed by atoms with Crippen LogP contribution in [0.15, 0.2) is 18.3 Å². The molecule has 0 saturated carbocycles. The molecule has 0 radical (unpaired) electrons. The number of nitrogens with zero attached hydrogens (tertiary/aromatic N) is 2. The number of esters is 1. The van der Waals surface area contributed by atoms with Crippen LogP contribution in [0.25, 0.3) is 0 Å². The second kappa shape index (κ2) is 6.67. The third-order valence-electron chi connectivity index (χ3n) is 3.11. The Bertz CT molecular complexity index is 509. The Balaban J connectivity index is 1.97. The lowest BCUT2D eigenvalue weighted by Gasteiger charge is -2.32. The molecule has 1 N–H and O–H groups in total. The monoisotopic (exact) mass is 297 g/mol. The number of nitrogens with one attached hydrogen (secondary N) is 1. The summed E-state index contributed by atoms with van der Waals surface area (Å²) in [7, 11) is 0. The molecular weight excluding hydrogens is 282 g/mol. The molecule has 1 aromatic heterocycles. The van der Waals surface area contributed by atoms with Gasteiger partial charge >= 0.3 is 5.97 Å². The molecule has 0 bridgehead atoms. The maximum absolute atomic E-state index is 12.0. The van der Waals surface area contributed by atoms with Gasteiger partial charge in [-0.15, -0.1) is 0 Å². The van der Waals surface area contributed by atoms with Gasteiger partial charge in [0.15, 0.2) is 0 Å². The number of hydrogen-bond acceptors (Lipinski definition) is 5. The predicted octanol–water partition coefficient (Wildman–Crippen LogP) is 1.31. The normalized spacial score (nSPS) is 19.5. The molecule has 0 aliphatic carbocycles. The maximum Gasteiger partial charge on any atom is 0.323 e. The highest BCUT2D eigenvalue weighted by molar-refractivity contribution is 6.30. The first kappa shape index (κ1) is 14.7. The van der Waals surface area contributed by atoms with Crippen molar-refractivity contribution in [1.82, 2.24) is 9.88 Å². The van der Waals surface area contributed by atoms with Crippen LogP contribution in [0.2, 0.25) is 5.02 Å². The highest BCUT2D eigenvalue weighted by Gasteiger charge is 2.32. The van der Waals surface area contributed by atoms with Gasteiger partial charge in [0.2, 0.25) is 5.91 Å². The summed E-state index contributed by atoms with van der Waals surface area (Å²) in [5.74, 6) is -0.274. The van der Waals surface area contributed by atoms with E-state index in [1.54, 1.807) is 12.1 Å². The zero-order valence-corrected chi connectivity index (χ0v) is 11.9. The van der Waals surface area contributed by atoms with E-state index < -0.39 is 6.04 Å². The third kappa shape index (κ3) is 3.68. The number of cyclic esters (lactones) is 1. The van der Waals surface area contributed by atoms with Crippen molar-refractivity contribution in [1.29, 1.82) is 0 Å². The van der Waals surface area contributed by atoms with Crippen molar-refractivity contribution in [2.45, 2.75) is 19.4 Å². The fourth-order valence-electron chi connectivity index (χ4n) is 2.10. The summed E-state index contributed by atoms with van der Waals surface area (Å²) in [6.07, 6.45) is 1.55. The first-order chi connectivity index (χ1) is 9.60. The summed E-state index contributed by atoms with van der Waals surface area (Å²) in [6.45, 7) is 3.67. The Morgan fingerprint density at radius 2 is 2.45 bits per heavy atom. The molecule has 1 aliphatic rings. The number of likely N-dealkylation sites (N-methyl/N-ethyl adjacent to an activating group) is 1. The van der Waals surface area contributed by atoms with E-state index in [1.165, 1.54) is 6.20 Å². The second-order valence-electron chi connectivity index (χ2n) is 4.42. The Morgan fingerprint density at radius 1 is 1.65 bits per heavy atom. The minimum absolute atomic E-state index is 0.0425. The molecule has 1 fully saturated rings. The van der Waals surface area contributed by atoms with Crippen molar-refractivity contribution in [3.8, 4) is 0 Å². The average Bonchev–Trinajstić information content (AvgIpc) is 2.41. The molecular formula is C13H16ClN3O3. The first-order valence-corrected chi connectivity index (χ1v) is 6.80. The first-order valence-electron chi connectivity index (χ1n) is 6.42. The van der Waals surface area contributed by atoms with Crippen molar-refractivity contribution in [2.24, 2.45) is 0 Å². The number of morpholine rings is 1. The molecule has 7 heteroatoms. The van der Waals surface area contributed by atoms with Gasteiger partial charge in [-0.2, -0.15) is 0 Å². The van der Waals surface area contributed by atoms with Crippen molar-refractivity contribution >= 4 is 29.3 Å². The topological polar surface area (TPSA) is 71.5 Å². The summed E-state index contributed by atoms with van der Waals surface area (Å²) in [5, 5.41) is 3.11. The number of rotatable bonds is 4. The number of carbonyl (C=O) groups is 2. The van der Waals surface area contributed by atoms with Crippen LogP contribution in [0.1, 0.15) is 13.3 Å². The molecule has 2 heterocycles. The van der Waals surface area contributed by atoms with Crippen LogP contribution in [0.4, 0.5) is 5.82 Å². The fourth-order valence-corrected chi connectivity index (χ4v) is 2.26. The molecule has 1 atom stereocenters. The van der Waals surface area contributed by atoms with Gasteiger partial charge in [-0.05, 0) is 18.7 Å². The second-order valence-corrected chi connectivity index (χ2v) is 4.86. The Labute approximate surface area is 122 Å². The quantitative estimate of drug-likeness (QED) is 0.849. The molecule has 6 nitrogen and oxygen atoms in total. The van der Waals surface area contributed by atoms with Crippen molar-refractivity contribution < 1.29 is 14.3 Å². The van der Waals surface area contributed by atoms with Crippen LogP contribution in [0, 0.1) is 0 Å². The van der Waals surface area contributed by atoms with Crippen LogP contribution in [0.3, 0.4) is 0 Å². The van der Waals surface area contributed by atoms with E-state index >= 15 is 0 Å². The number of amides is 1. The molecule has 108 valence electrons. The summed E-state index contributed by atoms with van der Waals surface area (Å²) in [5.41, 5.74) is 0. The van der Waals surface area contributed by atoms with E-state index in [0.717, 1.165) is 0 Å². The Hall–Kier alpha value is -1.66. The molecule has 1 aliphatic heterocycles. The molecule has 1 saturated heterocycles. The van der Waals surface area contributed by atoms with Crippen molar-refractivity contribution in [3.05, 3.63) is 23.4 Å². The smallest absolute Gasteiger partial charge is 0.323 e. The van der Waals surface area contributed by atoms with Crippen LogP contribution < -0.4 is 5.32 Å². The lowest BCUT2D eigenvalue weighted by molar-refractivity contribution is -0.158. The maximum atomic E-state index is 12.0. The summed E-state index contributed by atoms with van der Waals surface area (Å²) >= 11 is 5.82. The highest BCUT2D eigenvalue weighted by atomic mass is 35.5. The number of aromatic nitrogens is 1. The number of pyridine rings is 1. The van der Waals surface area contributed by atoms with Crippen LogP contribution >= 0.6 is 11.6 Å². The van der Waals surface area contributed by atoms with Crippen LogP contribution in [-0.4, -0.2) is 47.5 Å². The molecule has 0 spiro atoms. The largest absolute Gasteiger partial charge is 0.463 e. The number of ether oxygens (including phenoxy) is 1. The van der Waals surface area contributed by atoms with Crippen LogP contribution in [0.5, 0.6) is 0 Å². The van der Waals surface area contributed by atoms with E-state index in [9.17, 15) is 9.59 Å². The van der Waals surface area contributed by atoms with Gasteiger partial charge < -0.3 is 10.1 Å². The number of halogens is 1. The summed E-state index contributed by atoms with van der Waals surface area (Å²) < 4.78 is 5.00. The molecule has 0 aromatic carbocycles. The van der Waals surface area contributed by atoms with Gasteiger partial charge in [-0.3, -0.25) is 14.5 Å². The van der Waals surface area contributed by atoms with E-state index in [1.807, 2.05) is 11.8 Å². The Kier molecular flexibility index (Phi) is 4.92. The molecule has 1 aromatic rings. The molecule has 2 rings (SSSR count). The van der Waals surface area contributed by atoms with Crippen molar-refractivity contribution in [2.75, 3.05) is 25.0 Å².